The Hall–Kier alpha value is -1.46. The molecule has 1 aliphatic rings. The Bertz CT molecular complexity index is 473. The molecule has 0 spiro atoms. The maximum absolute atomic E-state index is 12.4. The minimum absolute atomic E-state index is 0.158. The molecule has 0 saturated carbocycles. The molecule has 0 aliphatic carbocycles. The zero-order chi connectivity index (χ0) is 15.2. The van der Waals surface area contributed by atoms with Crippen LogP contribution in [-0.2, 0) is 0 Å². The summed E-state index contributed by atoms with van der Waals surface area (Å²) in [7, 11) is 0. The van der Waals surface area contributed by atoms with Crippen LogP contribution in [0.3, 0.4) is 0 Å². The standard InChI is InChI=1S/C16H22F2N2O/c1-12(2)10-15(20-8-6-19-7-9-20)13-4-3-5-14(11-13)21-16(17)18/h3-5,11,15-16,19H,1,6-10H2,2H3/t15-/m1/s1. The first-order valence-electron chi connectivity index (χ1n) is 7.20. The second kappa shape index (κ2) is 7.52. The van der Waals surface area contributed by atoms with Gasteiger partial charge in [0, 0.05) is 32.2 Å². The van der Waals surface area contributed by atoms with Crippen LogP contribution in [0.2, 0.25) is 0 Å². The molecule has 0 aromatic heterocycles. The molecule has 5 heteroatoms. The third-order valence-corrected chi connectivity index (χ3v) is 3.60. The van der Waals surface area contributed by atoms with E-state index in [4.69, 9.17) is 0 Å². The number of ether oxygens (including phenoxy) is 1. The van der Waals surface area contributed by atoms with E-state index in [1.54, 1.807) is 18.2 Å². The minimum atomic E-state index is -2.79. The van der Waals surface area contributed by atoms with Gasteiger partial charge in [-0.1, -0.05) is 17.7 Å². The lowest BCUT2D eigenvalue weighted by atomic mass is 9.98. The van der Waals surface area contributed by atoms with Crippen molar-refractivity contribution in [3.05, 3.63) is 42.0 Å². The van der Waals surface area contributed by atoms with Gasteiger partial charge in [0.2, 0.25) is 0 Å². The molecule has 0 bridgehead atoms. The molecular weight excluding hydrogens is 274 g/mol. The quantitative estimate of drug-likeness (QED) is 0.816. The lowest BCUT2D eigenvalue weighted by Crippen LogP contribution is -2.45. The number of alkyl halides is 2. The molecule has 1 aliphatic heterocycles. The van der Waals surface area contributed by atoms with Crippen LogP contribution in [-0.4, -0.2) is 37.7 Å². The van der Waals surface area contributed by atoms with Crippen LogP contribution in [0.1, 0.15) is 24.9 Å². The molecule has 1 heterocycles. The van der Waals surface area contributed by atoms with Crippen molar-refractivity contribution >= 4 is 0 Å². The first-order chi connectivity index (χ1) is 10.1. The van der Waals surface area contributed by atoms with Crippen LogP contribution in [0.4, 0.5) is 8.78 Å². The first kappa shape index (κ1) is 15.9. The highest BCUT2D eigenvalue weighted by molar-refractivity contribution is 5.31. The lowest BCUT2D eigenvalue weighted by Gasteiger charge is -2.35. The van der Waals surface area contributed by atoms with Gasteiger partial charge < -0.3 is 10.1 Å². The molecule has 0 radical (unpaired) electrons. The number of piperazine rings is 1. The van der Waals surface area contributed by atoms with Crippen molar-refractivity contribution in [2.24, 2.45) is 0 Å². The number of rotatable bonds is 6. The fraction of sp³-hybridized carbons (Fsp3) is 0.500. The van der Waals surface area contributed by atoms with Gasteiger partial charge in [-0.25, -0.2) is 0 Å². The van der Waals surface area contributed by atoms with Crippen molar-refractivity contribution in [3.8, 4) is 5.75 Å². The Balaban J connectivity index is 2.20. The molecule has 3 nitrogen and oxygen atoms in total. The van der Waals surface area contributed by atoms with E-state index in [0.717, 1.165) is 43.7 Å². The molecule has 0 amide bonds. The summed E-state index contributed by atoms with van der Waals surface area (Å²) in [5.41, 5.74) is 2.08. The van der Waals surface area contributed by atoms with E-state index in [0.29, 0.717) is 0 Å². The van der Waals surface area contributed by atoms with E-state index in [1.807, 2.05) is 13.0 Å². The monoisotopic (exact) mass is 296 g/mol. The van der Waals surface area contributed by atoms with Crippen LogP contribution in [0.15, 0.2) is 36.4 Å². The van der Waals surface area contributed by atoms with E-state index in [-0.39, 0.29) is 11.8 Å². The van der Waals surface area contributed by atoms with E-state index >= 15 is 0 Å². The SMILES string of the molecule is C=C(C)C[C@H](c1cccc(OC(F)F)c1)N1CCNCC1. The maximum atomic E-state index is 12.4. The highest BCUT2D eigenvalue weighted by Gasteiger charge is 2.22. The number of hydrogen-bond acceptors (Lipinski definition) is 3. The van der Waals surface area contributed by atoms with Gasteiger partial charge >= 0.3 is 6.61 Å². The second-order valence-electron chi connectivity index (χ2n) is 5.41. The van der Waals surface area contributed by atoms with Gasteiger partial charge in [0.05, 0.1) is 0 Å². The van der Waals surface area contributed by atoms with E-state index in [1.165, 1.54) is 0 Å². The topological polar surface area (TPSA) is 24.5 Å². The third-order valence-electron chi connectivity index (χ3n) is 3.60. The minimum Gasteiger partial charge on any atom is -0.435 e. The third kappa shape index (κ3) is 4.79. The van der Waals surface area contributed by atoms with E-state index < -0.39 is 6.61 Å². The van der Waals surface area contributed by atoms with Crippen molar-refractivity contribution in [1.82, 2.24) is 10.2 Å². The number of benzene rings is 1. The van der Waals surface area contributed by atoms with Crippen LogP contribution >= 0.6 is 0 Å². The summed E-state index contributed by atoms with van der Waals surface area (Å²) in [6.07, 6.45) is 0.818. The fourth-order valence-corrected chi connectivity index (χ4v) is 2.68. The molecule has 0 unspecified atom stereocenters. The molecule has 1 saturated heterocycles. The smallest absolute Gasteiger partial charge is 0.387 e. The highest BCUT2D eigenvalue weighted by atomic mass is 19.3. The van der Waals surface area contributed by atoms with Crippen molar-refractivity contribution in [1.29, 1.82) is 0 Å². The summed E-state index contributed by atoms with van der Waals surface area (Å²) < 4.78 is 29.2. The Morgan fingerprint density at radius 2 is 2.10 bits per heavy atom. The largest absolute Gasteiger partial charge is 0.435 e. The molecule has 2 rings (SSSR count). The Labute approximate surface area is 124 Å². The number of halogens is 2. The van der Waals surface area contributed by atoms with Gasteiger partial charge in [0.15, 0.2) is 0 Å². The van der Waals surface area contributed by atoms with Crippen LogP contribution in [0.25, 0.3) is 0 Å². The zero-order valence-corrected chi connectivity index (χ0v) is 12.3. The van der Waals surface area contributed by atoms with Gasteiger partial charge in [0.25, 0.3) is 0 Å². The Kier molecular flexibility index (Phi) is 5.70. The molecular formula is C16H22F2N2O. The van der Waals surface area contributed by atoms with Gasteiger partial charge in [-0.15, -0.1) is 6.58 Å². The van der Waals surface area contributed by atoms with Crippen LogP contribution in [0.5, 0.6) is 5.75 Å². The Morgan fingerprint density at radius 1 is 1.38 bits per heavy atom. The normalized spacial score (nSPS) is 17.7. The number of nitrogens with zero attached hydrogens (tertiary/aromatic N) is 1. The molecule has 116 valence electrons. The zero-order valence-electron chi connectivity index (χ0n) is 12.3. The van der Waals surface area contributed by atoms with E-state index in [2.05, 4.69) is 21.5 Å². The Morgan fingerprint density at radius 3 is 2.71 bits per heavy atom. The summed E-state index contributed by atoms with van der Waals surface area (Å²) in [6.45, 7) is 6.97. The molecule has 1 N–H and O–H groups in total. The molecule has 1 aromatic carbocycles. The van der Waals surface area contributed by atoms with Crippen LogP contribution in [0, 0.1) is 0 Å². The lowest BCUT2D eigenvalue weighted by molar-refractivity contribution is -0.0499. The molecule has 1 aromatic rings. The second-order valence-corrected chi connectivity index (χ2v) is 5.41. The summed E-state index contributed by atoms with van der Waals surface area (Å²) >= 11 is 0. The van der Waals surface area contributed by atoms with Crippen molar-refractivity contribution in [2.45, 2.75) is 26.0 Å². The molecule has 21 heavy (non-hydrogen) atoms. The first-order valence-corrected chi connectivity index (χ1v) is 7.20. The predicted octanol–water partition coefficient (Wildman–Crippen LogP) is 3.20. The van der Waals surface area contributed by atoms with Gasteiger partial charge in [-0.05, 0) is 31.0 Å². The maximum Gasteiger partial charge on any atom is 0.387 e. The van der Waals surface area contributed by atoms with Crippen molar-refractivity contribution in [3.63, 3.8) is 0 Å². The highest BCUT2D eigenvalue weighted by Crippen LogP contribution is 2.30. The number of hydrogen-bond donors (Lipinski definition) is 1. The van der Waals surface area contributed by atoms with E-state index in [9.17, 15) is 8.78 Å². The summed E-state index contributed by atoms with van der Waals surface area (Å²) in [6, 6.07) is 7.16. The predicted molar refractivity (Wildman–Crippen MR) is 79.7 cm³/mol. The molecule has 1 atom stereocenters. The summed E-state index contributed by atoms with van der Waals surface area (Å²) in [5, 5.41) is 3.32. The van der Waals surface area contributed by atoms with Crippen LogP contribution < -0.4 is 10.1 Å². The average Bonchev–Trinajstić information content (AvgIpc) is 2.45. The van der Waals surface area contributed by atoms with Crippen molar-refractivity contribution in [2.75, 3.05) is 26.2 Å². The van der Waals surface area contributed by atoms with Gasteiger partial charge in [0.1, 0.15) is 5.75 Å². The van der Waals surface area contributed by atoms with Gasteiger partial charge in [-0.3, -0.25) is 4.90 Å². The number of nitrogens with one attached hydrogen (secondary N) is 1. The molecule has 1 fully saturated rings. The van der Waals surface area contributed by atoms with Gasteiger partial charge in [-0.2, -0.15) is 8.78 Å². The average molecular weight is 296 g/mol. The van der Waals surface area contributed by atoms with Crippen molar-refractivity contribution < 1.29 is 13.5 Å². The fourth-order valence-electron chi connectivity index (χ4n) is 2.68. The summed E-state index contributed by atoms with van der Waals surface area (Å²) in [4.78, 5) is 2.37. The summed E-state index contributed by atoms with van der Waals surface area (Å²) in [5.74, 6) is 0.212.